The molecule has 0 N–H and O–H groups in total. The molecule has 1 unspecified atom stereocenters. The number of benzene rings is 4. The van der Waals surface area contributed by atoms with Crippen LogP contribution in [0.15, 0.2) is 114 Å². The number of aryl methyl sites for hydroxylation is 1. The summed E-state index contributed by atoms with van der Waals surface area (Å²) in [4.78, 5) is 18.7. The first-order valence-electron chi connectivity index (χ1n) is 14.8. The van der Waals surface area contributed by atoms with Crippen LogP contribution in [0.4, 0.5) is 0 Å². The Morgan fingerprint density at radius 2 is 1.70 bits per heavy atom. The van der Waals surface area contributed by atoms with Crippen LogP contribution >= 0.6 is 11.3 Å². The first-order valence-corrected chi connectivity index (χ1v) is 15.6. The zero-order valence-electron chi connectivity index (χ0n) is 24.7. The molecule has 1 aliphatic heterocycles. The summed E-state index contributed by atoms with van der Waals surface area (Å²) in [7, 11) is 0. The van der Waals surface area contributed by atoms with E-state index in [-0.39, 0.29) is 12.2 Å². The zero-order chi connectivity index (χ0) is 31.0. The Labute approximate surface area is 267 Å². The Bertz CT molecular complexity index is 2300. The molecule has 46 heavy (non-hydrogen) atoms. The molecule has 0 spiro atoms. The van der Waals surface area contributed by atoms with Crippen molar-refractivity contribution in [2.45, 2.75) is 19.6 Å². The Morgan fingerprint density at radius 1 is 0.935 bits per heavy atom. The second-order valence-electron chi connectivity index (χ2n) is 10.9. The number of para-hydroxylation sites is 3. The van der Waals surface area contributed by atoms with E-state index in [2.05, 4.69) is 16.1 Å². The first-order chi connectivity index (χ1) is 22.6. The van der Waals surface area contributed by atoms with Crippen LogP contribution in [0.5, 0.6) is 17.2 Å². The Kier molecular flexibility index (Phi) is 7.03. The number of hydrogen-bond donors (Lipinski definition) is 0. The fraction of sp³-hybridized carbons (Fsp3) is 0.111. The normalized spacial score (nSPS) is 14.5. The van der Waals surface area contributed by atoms with E-state index in [9.17, 15) is 4.79 Å². The predicted octanol–water partition coefficient (Wildman–Crippen LogP) is 5.95. The number of fused-ring (bicyclic) bond motifs is 2. The van der Waals surface area contributed by atoms with E-state index in [1.807, 2.05) is 121 Å². The van der Waals surface area contributed by atoms with Gasteiger partial charge >= 0.3 is 0 Å². The smallest absolute Gasteiger partial charge is 0.291 e. The van der Waals surface area contributed by atoms with Crippen molar-refractivity contribution >= 4 is 22.4 Å². The highest BCUT2D eigenvalue weighted by molar-refractivity contribution is 7.15. The summed E-state index contributed by atoms with van der Waals surface area (Å²) in [6, 6.07) is 33.5. The fourth-order valence-corrected chi connectivity index (χ4v) is 6.30. The van der Waals surface area contributed by atoms with E-state index >= 15 is 0 Å². The van der Waals surface area contributed by atoms with Crippen LogP contribution in [0.3, 0.4) is 0 Å². The number of aromatic nitrogens is 5. The minimum Gasteiger partial charge on any atom is -0.489 e. The number of ether oxygens (including phenoxy) is 3. The zero-order valence-corrected chi connectivity index (χ0v) is 25.6. The third kappa shape index (κ3) is 5.28. The molecule has 4 heterocycles. The van der Waals surface area contributed by atoms with Gasteiger partial charge in [-0.1, -0.05) is 72.0 Å². The second kappa shape index (κ2) is 11.6. The highest BCUT2D eigenvalue weighted by atomic mass is 32.1. The minimum atomic E-state index is -0.507. The van der Waals surface area contributed by atoms with Crippen LogP contribution in [0, 0.1) is 6.92 Å². The number of thiazole rings is 1. The third-order valence-corrected chi connectivity index (χ3v) is 8.69. The van der Waals surface area contributed by atoms with Gasteiger partial charge in [0.15, 0.2) is 23.4 Å². The molecule has 9 nitrogen and oxygen atoms in total. The van der Waals surface area contributed by atoms with Crippen molar-refractivity contribution in [2.24, 2.45) is 0 Å². The van der Waals surface area contributed by atoms with Crippen molar-refractivity contribution in [1.29, 1.82) is 0 Å². The molecule has 0 fully saturated rings. The highest BCUT2D eigenvalue weighted by Gasteiger charge is 2.27. The molecule has 0 radical (unpaired) electrons. The lowest BCUT2D eigenvalue weighted by Crippen LogP contribution is -2.26. The van der Waals surface area contributed by atoms with E-state index < -0.39 is 6.10 Å². The molecule has 7 aromatic rings. The molecule has 1 atom stereocenters. The summed E-state index contributed by atoms with van der Waals surface area (Å²) >= 11 is 1.28. The van der Waals surface area contributed by atoms with Gasteiger partial charge in [-0.15, -0.1) is 5.10 Å². The maximum atomic E-state index is 13.6. The maximum absolute atomic E-state index is 13.6. The van der Waals surface area contributed by atoms with Gasteiger partial charge in [-0.3, -0.25) is 4.79 Å². The Hall–Kier alpha value is -5.74. The molecule has 4 aromatic carbocycles. The van der Waals surface area contributed by atoms with Crippen LogP contribution in [0.1, 0.15) is 28.6 Å². The van der Waals surface area contributed by atoms with Crippen molar-refractivity contribution in [3.05, 3.63) is 147 Å². The van der Waals surface area contributed by atoms with E-state index in [0.29, 0.717) is 33.4 Å². The van der Waals surface area contributed by atoms with Crippen molar-refractivity contribution in [2.75, 3.05) is 6.61 Å². The molecular weight excluding hydrogens is 598 g/mol. The molecular formula is C36H27N5O4S. The summed E-state index contributed by atoms with van der Waals surface area (Å²) in [5.41, 5.74) is 5.20. The van der Waals surface area contributed by atoms with Crippen LogP contribution < -0.4 is 24.3 Å². The average Bonchev–Trinajstić information content (AvgIpc) is 3.79. The topological polar surface area (TPSA) is 92.8 Å². The molecule has 0 amide bonds. The van der Waals surface area contributed by atoms with Gasteiger partial charge in [-0.25, -0.2) is 4.68 Å². The van der Waals surface area contributed by atoms with Gasteiger partial charge in [0, 0.05) is 17.3 Å². The van der Waals surface area contributed by atoms with Gasteiger partial charge in [0.1, 0.15) is 24.7 Å². The summed E-state index contributed by atoms with van der Waals surface area (Å²) in [5.74, 6) is 2.52. The van der Waals surface area contributed by atoms with Crippen LogP contribution in [0.2, 0.25) is 0 Å². The van der Waals surface area contributed by atoms with Crippen molar-refractivity contribution in [3.8, 4) is 34.2 Å². The number of hydrogen-bond acceptors (Lipinski definition) is 8. The van der Waals surface area contributed by atoms with Gasteiger partial charge < -0.3 is 14.2 Å². The number of nitrogens with zero attached hydrogens (tertiary/aromatic N) is 5. The SMILES string of the molecule is Cc1cc(-c2nn(-c3ccccc3)cc2C=c2sc3nc(C4COc5ccccc5O4)nn3c2=O)ccc1OCc1ccccc1. The van der Waals surface area contributed by atoms with Crippen LogP contribution in [0.25, 0.3) is 28.0 Å². The summed E-state index contributed by atoms with van der Waals surface area (Å²) in [5, 5.41) is 9.46. The van der Waals surface area contributed by atoms with Crippen LogP contribution in [-0.4, -0.2) is 31.0 Å². The lowest BCUT2D eigenvalue weighted by atomic mass is 10.0. The quantitative estimate of drug-likeness (QED) is 0.216. The van der Waals surface area contributed by atoms with Gasteiger partial charge in [0.05, 0.1) is 10.2 Å². The third-order valence-electron chi connectivity index (χ3n) is 7.73. The fourth-order valence-electron chi connectivity index (χ4n) is 5.40. The molecule has 226 valence electrons. The maximum Gasteiger partial charge on any atom is 0.291 e. The molecule has 0 bridgehead atoms. The van der Waals surface area contributed by atoms with E-state index in [1.54, 1.807) is 0 Å². The monoisotopic (exact) mass is 625 g/mol. The first kappa shape index (κ1) is 27.8. The van der Waals surface area contributed by atoms with Crippen molar-refractivity contribution in [3.63, 3.8) is 0 Å². The molecule has 0 aliphatic carbocycles. The lowest BCUT2D eigenvalue weighted by molar-refractivity contribution is 0.0852. The van der Waals surface area contributed by atoms with E-state index in [1.165, 1.54) is 15.9 Å². The van der Waals surface area contributed by atoms with E-state index in [0.717, 1.165) is 39.4 Å². The second-order valence-corrected chi connectivity index (χ2v) is 11.9. The standard InChI is InChI=1S/C36H27N5O4S/c1-23-18-25(16-17-28(23)43-21-24-10-4-2-5-11-24)33-26(20-40(38-33)27-12-6-3-7-13-27)19-32-35(42)41-36(46-32)37-34(39-41)31-22-44-29-14-8-9-15-30(29)45-31/h2-20,31H,21-22H2,1H3. The number of rotatable bonds is 7. The van der Waals surface area contributed by atoms with Crippen LogP contribution in [-0.2, 0) is 6.61 Å². The predicted molar refractivity (Wildman–Crippen MR) is 176 cm³/mol. The largest absolute Gasteiger partial charge is 0.489 e. The molecule has 0 saturated carbocycles. The van der Waals surface area contributed by atoms with Gasteiger partial charge in [-0.2, -0.15) is 14.6 Å². The molecule has 1 aliphatic rings. The molecule has 8 rings (SSSR count). The van der Waals surface area contributed by atoms with Gasteiger partial charge in [0.25, 0.3) is 5.56 Å². The minimum absolute atomic E-state index is 0.255. The average molecular weight is 626 g/mol. The molecule has 3 aromatic heterocycles. The van der Waals surface area contributed by atoms with Gasteiger partial charge in [-0.05, 0) is 66.6 Å². The highest BCUT2D eigenvalue weighted by Crippen LogP contribution is 2.35. The lowest BCUT2D eigenvalue weighted by Gasteiger charge is -2.24. The van der Waals surface area contributed by atoms with Crippen molar-refractivity contribution in [1.82, 2.24) is 24.4 Å². The summed E-state index contributed by atoms with van der Waals surface area (Å²) in [6.07, 6.45) is 3.29. The molecule has 10 heteroatoms. The summed E-state index contributed by atoms with van der Waals surface area (Å²) in [6.45, 7) is 2.77. The molecule has 0 saturated heterocycles. The van der Waals surface area contributed by atoms with Crippen molar-refractivity contribution < 1.29 is 14.2 Å². The Morgan fingerprint density at radius 3 is 2.48 bits per heavy atom. The van der Waals surface area contributed by atoms with Gasteiger partial charge in [0.2, 0.25) is 4.96 Å². The summed E-state index contributed by atoms with van der Waals surface area (Å²) < 4.78 is 21.7. The Balaban J connectivity index is 1.14. The van der Waals surface area contributed by atoms with E-state index in [4.69, 9.17) is 19.3 Å².